The first kappa shape index (κ1) is 13.8. The maximum atomic E-state index is 5.65. The molecule has 0 aliphatic carbocycles. The van der Waals surface area contributed by atoms with Crippen LogP contribution in [0.1, 0.15) is 31.4 Å². The van der Waals surface area contributed by atoms with Crippen molar-refractivity contribution in [3.8, 4) is 11.5 Å². The molecule has 0 aromatic heterocycles. The van der Waals surface area contributed by atoms with Gasteiger partial charge in [-0.15, -0.1) is 0 Å². The number of nitrogens with two attached hydrogens (primary N) is 1. The molecule has 0 unspecified atom stereocenters. The second kappa shape index (κ2) is 7.17. The Bertz CT molecular complexity index is 350. The zero-order valence-corrected chi connectivity index (χ0v) is 11.1. The van der Waals surface area contributed by atoms with Crippen LogP contribution in [0.2, 0.25) is 0 Å². The lowest BCUT2D eigenvalue weighted by atomic mass is 10.0. The smallest absolute Gasteiger partial charge is 0.126 e. The van der Waals surface area contributed by atoms with E-state index in [4.69, 9.17) is 15.2 Å². The van der Waals surface area contributed by atoms with E-state index in [1.165, 1.54) is 11.1 Å². The van der Waals surface area contributed by atoms with Crippen LogP contribution in [0.25, 0.3) is 0 Å². The van der Waals surface area contributed by atoms with Gasteiger partial charge in [0.1, 0.15) is 11.5 Å². The summed E-state index contributed by atoms with van der Waals surface area (Å²) in [5.74, 6) is 1.81. The lowest BCUT2D eigenvalue weighted by Gasteiger charge is -2.15. The van der Waals surface area contributed by atoms with Crippen molar-refractivity contribution in [3.05, 3.63) is 23.3 Å². The average Bonchev–Trinajstić information content (AvgIpc) is 2.33. The molecule has 96 valence electrons. The zero-order valence-electron chi connectivity index (χ0n) is 11.1. The molecular weight excluding hydrogens is 214 g/mol. The van der Waals surface area contributed by atoms with Gasteiger partial charge in [0, 0.05) is 6.07 Å². The fourth-order valence-electron chi connectivity index (χ4n) is 1.95. The number of ether oxygens (including phenoxy) is 2. The number of benzene rings is 1. The fraction of sp³-hybridized carbons (Fsp3) is 0.571. The maximum Gasteiger partial charge on any atom is 0.126 e. The fourth-order valence-corrected chi connectivity index (χ4v) is 1.95. The van der Waals surface area contributed by atoms with E-state index in [1.807, 2.05) is 13.0 Å². The molecule has 0 spiro atoms. The van der Waals surface area contributed by atoms with Gasteiger partial charge in [0.25, 0.3) is 0 Å². The molecule has 0 bridgehead atoms. The van der Waals surface area contributed by atoms with Crippen LogP contribution in [0.3, 0.4) is 0 Å². The van der Waals surface area contributed by atoms with Crippen LogP contribution in [0.5, 0.6) is 11.5 Å². The van der Waals surface area contributed by atoms with Gasteiger partial charge in [0.15, 0.2) is 0 Å². The van der Waals surface area contributed by atoms with Crippen LogP contribution < -0.4 is 15.2 Å². The SMILES string of the molecule is CCCc1cc(CCN)c(OC)cc1OCC. The lowest BCUT2D eigenvalue weighted by molar-refractivity contribution is 0.331. The van der Waals surface area contributed by atoms with Crippen molar-refractivity contribution < 1.29 is 9.47 Å². The summed E-state index contributed by atoms with van der Waals surface area (Å²) in [6, 6.07) is 4.15. The minimum absolute atomic E-state index is 0.635. The van der Waals surface area contributed by atoms with Crippen molar-refractivity contribution in [2.75, 3.05) is 20.3 Å². The molecule has 0 heterocycles. The number of hydrogen-bond donors (Lipinski definition) is 1. The molecule has 1 aromatic carbocycles. The van der Waals surface area contributed by atoms with E-state index >= 15 is 0 Å². The minimum atomic E-state index is 0.635. The third-order valence-electron chi connectivity index (χ3n) is 2.70. The second-order valence-electron chi connectivity index (χ2n) is 3.99. The van der Waals surface area contributed by atoms with E-state index < -0.39 is 0 Å². The molecule has 3 nitrogen and oxygen atoms in total. The predicted molar refractivity (Wildman–Crippen MR) is 70.9 cm³/mol. The molecule has 0 radical (unpaired) electrons. The summed E-state index contributed by atoms with van der Waals surface area (Å²) in [5.41, 5.74) is 8.04. The van der Waals surface area contributed by atoms with Crippen molar-refractivity contribution in [1.29, 1.82) is 0 Å². The molecule has 0 atom stereocenters. The van der Waals surface area contributed by atoms with E-state index in [1.54, 1.807) is 7.11 Å². The number of rotatable bonds is 7. The van der Waals surface area contributed by atoms with Gasteiger partial charge in [0.05, 0.1) is 13.7 Å². The van der Waals surface area contributed by atoms with Gasteiger partial charge in [-0.1, -0.05) is 13.3 Å². The number of aryl methyl sites for hydroxylation is 1. The number of methoxy groups -OCH3 is 1. The summed E-state index contributed by atoms with van der Waals surface area (Å²) in [6.07, 6.45) is 2.97. The second-order valence-corrected chi connectivity index (χ2v) is 3.99. The van der Waals surface area contributed by atoms with E-state index in [9.17, 15) is 0 Å². The summed E-state index contributed by atoms with van der Waals surface area (Å²) in [5, 5.41) is 0. The maximum absolute atomic E-state index is 5.65. The van der Waals surface area contributed by atoms with Crippen LogP contribution in [0.4, 0.5) is 0 Å². The topological polar surface area (TPSA) is 44.5 Å². The Hall–Kier alpha value is -1.22. The molecule has 2 N–H and O–H groups in total. The molecule has 0 amide bonds. The van der Waals surface area contributed by atoms with Crippen molar-refractivity contribution >= 4 is 0 Å². The first-order valence-electron chi connectivity index (χ1n) is 6.29. The van der Waals surface area contributed by atoms with Gasteiger partial charge in [0.2, 0.25) is 0 Å². The van der Waals surface area contributed by atoms with Crippen LogP contribution in [0, 0.1) is 0 Å². The molecule has 17 heavy (non-hydrogen) atoms. The van der Waals surface area contributed by atoms with Crippen molar-refractivity contribution in [2.45, 2.75) is 33.1 Å². The van der Waals surface area contributed by atoms with Crippen LogP contribution in [0.15, 0.2) is 12.1 Å². The van der Waals surface area contributed by atoms with Gasteiger partial charge in [-0.25, -0.2) is 0 Å². The summed E-state index contributed by atoms with van der Waals surface area (Å²) < 4.78 is 11.0. The summed E-state index contributed by atoms with van der Waals surface area (Å²) in [4.78, 5) is 0. The van der Waals surface area contributed by atoms with Gasteiger partial charge < -0.3 is 15.2 Å². The summed E-state index contributed by atoms with van der Waals surface area (Å²) in [6.45, 7) is 5.48. The minimum Gasteiger partial charge on any atom is -0.496 e. The molecule has 3 heteroatoms. The average molecular weight is 237 g/mol. The molecular formula is C14H23NO2. The van der Waals surface area contributed by atoms with E-state index in [0.29, 0.717) is 13.2 Å². The van der Waals surface area contributed by atoms with E-state index in [2.05, 4.69) is 13.0 Å². The summed E-state index contributed by atoms with van der Waals surface area (Å²) in [7, 11) is 1.69. The first-order valence-corrected chi connectivity index (χ1v) is 6.29. The van der Waals surface area contributed by atoms with Gasteiger partial charge >= 0.3 is 0 Å². The molecule has 0 saturated carbocycles. The Balaban J connectivity index is 3.11. The van der Waals surface area contributed by atoms with Crippen LogP contribution in [-0.2, 0) is 12.8 Å². The number of hydrogen-bond acceptors (Lipinski definition) is 3. The van der Waals surface area contributed by atoms with Gasteiger partial charge in [-0.2, -0.15) is 0 Å². The van der Waals surface area contributed by atoms with E-state index in [0.717, 1.165) is 30.8 Å². The highest BCUT2D eigenvalue weighted by Crippen LogP contribution is 2.30. The molecule has 0 aliphatic rings. The van der Waals surface area contributed by atoms with Crippen LogP contribution >= 0.6 is 0 Å². The quantitative estimate of drug-likeness (QED) is 0.792. The Morgan fingerprint density at radius 1 is 1.06 bits per heavy atom. The largest absolute Gasteiger partial charge is 0.496 e. The molecule has 1 aromatic rings. The summed E-state index contributed by atoms with van der Waals surface area (Å²) >= 11 is 0. The Labute approximate surface area is 104 Å². The molecule has 1 rings (SSSR count). The zero-order chi connectivity index (χ0) is 12.7. The van der Waals surface area contributed by atoms with Crippen molar-refractivity contribution in [1.82, 2.24) is 0 Å². The first-order chi connectivity index (χ1) is 8.26. The third kappa shape index (κ3) is 3.63. The molecule has 0 saturated heterocycles. The molecule has 0 aliphatic heterocycles. The molecule has 0 fully saturated rings. The van der Waals surface area contributed by atoms with E-state index in [-0.39, 0.29) is 0 Å². The lowest BCUT2D eigenvalue weighted by Crippen LogP contribution is -2.06. The highest BCUT2D eigenvalue weighted by Gasteiger charge is 2.10. The predicted octanol–water partition coefficient (Wildman–Crippen LogP) is 2.55. The normalized spacial score (nSPS) is 10.4. The Kier molecular flexibility index (Phi) is 5.84. The highest BCUT2D eigenvalue weighted by molar-refractivity contribution is 5.47. The Morgan fingerprint density at radius 3 is 2.29 bits per heavy atom. The van der Waals surface area contributed by atoms with Crippen LogP contribution in [-0.4, -0.2) is 20.3 Å². The standard InChI is InChI=1S/C14H23NO2/c1-4-6-11-9-12(7-8-15)13(16-3)10-14(11)17-5-2/h9-10H,4-8,15H2,1-3H3. The van der Waals surface area contributed by atoms with Crippen molar-refractivity contribution in [2.24, 2.45) is 5.73 Å². The van der Waals surface area contributed by atoms with Gasteiger partial charge in [-0.05, 0) is 43.5 Å². The van der Waals surface area contributed by atoms with Crippen molar-refractivity contribution in [3.63, 3.8) is 0 Å². The van der Waals surface area contributed by atoms with Gasteiger partial charge in [-0.3, -0.25) is 0 Å². The highest BCUT2D eigenvalue weighted by atomic mass is 16.5. The Morgan fingerprint density at radius 2 is 1.76 bits per heavy atom. The third-order valence-corrected chi connectivity index (χ3v) is 2.70. The monoisotopic (exact) mass is 237 g/mol.